The summed E-state index contributed by atoms with van der Waals surface area (Å²) in [5.41, 5.74) is 1.12. The largest absolute Gasteiger partial charge is 0.493 e. The molecular formula is C18H23NO4. The van der Waals surface area contributed by atoms with Crippen molar-refractivity contribution in [2.24, 2.45) is 0 Å². The van der Waals surface area contributed by atoms with Crippen LogP contribution in [0.4, 0.5) is 0 Å². The number of carbonyl (C=O) groups is 1. The van der Waals surface area contributed by atoms with Gasteiger partial charge in [0.1, 0.15) is 17.6 Å². The van der Waals surface area contributed by atoms with Gasteiger partial charge >= 0.3 is 0 Å². The average Bonchev–Trinajstić information content (AvgIpc) is 3.01. The van der Waals surface area contributed by atoms with E-state index in [9.17, 15) is 9.90 Å². The van der Waals surface area contributed by atoms with Crippen LogP contribution in [-0.4, -0.2) is 23.7 Å². The monoisotopic (exact) mass is 317 g/mol. The number of ether oxygens (including phenoxy) is 1. The Morgan fingerprint density at radius 3 is 2.87 bits per heavy atom. The van der Waals surface area contributed by atoms with Gasteiger partial charge < -0.3 is 19.6 Å². The summed E-state index contributed by atoms with van der Waals surface area (Å²) >= 11 is 0. The van der Waals surface area contributed by atoms with E-state index in [1.165, 1.54) is 6.26 Å². The molecule has 0 aliphatic heterocycles. The average molecular weight is 317 g/mol. The molecule has 2 rings (SSSR count). The first kappa shape index (κ1) is 17.1. The standard InChI is InChI=1S/C18H23NO4/c1-13-5-3-6-15(11-13)22-10-8-18(21)19-14(2)12-16(20)17-7-4-9-23-17/h3-7,9,11,14,16,20H,8,10,12H2,1-2H3,(H,19,21). The van der Waals surface area contributed by atoms with Crippen molar-refractivity contribution >= 4 is 5.91 Å². The SMILES string of the molecule is Cc1cccc(OCCC(=O)NC(C)CC(O)c2ccco2)c1. The first-order chi connectivity index (χ1) is 11.0. The Labute approximate surface area is 136 Å². The number of furan rings is 1. The molecule has 1 heterocycles. The van der Waals surface area contributed by atoms with Gasteiger partial charge in [-0.15, -0.1) is 0 Å². The highest BCUT2D eigenvalue weighted by Crippen LogP contribution is 2.18. The third-order valence-corrected chi connectivity index (χ3v) is 3.44. The minimum atomic E-state index is -0.719. The van der Waals surface area contributed by atoms with Crippen LogP contribution in [0.15, 0.2) is 47.1 Å². The molecule has 2 unspecified atom stereocenters. The Kier molecular flexibility index (Phi) is 6.23. The van der Waals surface area contributed by atoms with Gasteiger partial charge in [-0.25, -0.2) is 0 Å². The highest BCUT2D eigenvalue weighted by atomic mass is 16.5. The molecule has 5 nitrogen and oxygen atoms in total. The van der Waals surface area contributed by atoms with Gasteiger partial charge in [0.25, 0.3) is 0 Å². The number of hydrogen-bond donors (Lipinski definition) is 2. The number of nitrogens with one attached hydrogen (secondary N) is 1. The molecule has 5 heteroatoms. The third kappa shape index (κ3) is 5.79. The van der Waals surface area contributed by atoms with E-state index in [1.54, 1.807) is 12.1 Å². The molecule has 0 bridgehead atoms. The molecule has 0 saturated heterocycles. The van der Waals surface area contributed by atoms with Crippen molar-refractivity contribution in [1.82, 2.24) is 5.32 Å². The summed E-state index contributed by atoms with van der Waals surface area (Å²) in [5.74, 6) is 1.17. The van der Waals surface area contributed by atoms with E-state index in [1.807, 2.05) is 38.1 Å². The fraction of sp³-hybridized carbons (Fsp3) is 0.389. The zero-order chi connectivity index (χ0) is 16.7. The molecule has 23 heavy (non-hydrogen) atoms. The minimum absolute atomic E-state index is 0.100. The predicted octanol–water partition coefficient (Wildman–Crippen LogP) is 2.99. The molecular weight excluding hydrogens is 294 g/mol. The van der Waals surface area contributed by atoms with E-state index in [0.717, 1.165) is 11.3 Å². The third-order valence-electron chi connectivity index (χ3n) is 3.44. The number of carbonyl (C=O) groups excluding carboxylic acids is 1. The lowest BCUT2D eigenvalue weighted by molar-refractivity contribution is -0.122. The Hall–Kier alpha value is -2.27. The molecule has 1 amide bonds. The van der Waals surface area contributed by atoms with E-state index >= 15 is 0 Å². The zero-order valence-electron chi connectivity index (χ0n) is 13.5. The van der Waals surface area contributed by atoms with Crippen molar-refractivity contribution < 1.29 is 19.1 Å². The Bertz CT molecular complexity index is 609. The smallest absolute Gasteiger partial charge is 0.223 e. The van der Waals surface area contributed by atoms with Crippen LogP contribution in [0.2, 0.25) is 0 Å². The number of aliphatic hydroxyl groups is 1. The van der Waals surface area contributed by atoms with E-state index in [4.69, 9.17) is 9.15 Å². The Morgan fingerprint density at radius 2 is 2.17 bits per heavy atom. The Balaban J connectivity index is 1.67. The molecule has 0 spiro atoms. The summed E-state index contributed by atoms with van der Waals surface area (Å²) < 4.78 is 10.7. The summed E-state index contributed by atoms with van der Waals surface area (Å²) in [6, 6.07) is 11.0. The molecule has 0 saturated carbocycles. The van der Waals surface area contributed by atoms with Gasteiger partial charge in [0.05, 0.1) is 19.3 Å². The van der Waals surface area contributed by atoms with Crippen molar-refractivity contribution in [3.63, 3.8) is 0 Å². The summed E-state index contributed by atoms with van der Waals surface area (Å²) in [4.78, 5) is 11.9. The van der Waals surface area contributed by atoms with Crippen LogP contribution in [0.3, 0.4) is 0 Å². The predicted molar refractivity (Wildman–Crippen MR) is 87.2 cm³/mol. The summed E-state index contributed by atoms with van der Waals surface area (Å²) in [7, 11) is 0. The fourth-order valence-electron chi connectivity index (χ4n) is 2.30. The van der Waals surface area contributed by atoms with Crippen LogP contribution < -0.4 is 10.1 Å². The number of rotatable bonds is 8. The topological polar surface area (TPSA) is 71.7 Å². The number of aryl methyl sites for hydroxylation is 1. The van der Waals surface area contributed by atoms with Crippen molar-refractivity contribution in [1.29, 1.82) is 0 Å². The molecule has 0 aliphatic rings. The lowest BCUT2D eigenvalue weighted by Gasteiger charge is -2.16. The van der Waals surface area contributed by atoms with E-state index in [2.05, 4.69) is 5.32 Å². The Morgan fingerprint density at radius 1 is 1.35 bits per heavy atom. The second-order valence-corrected chi connectivity index (χ2v) is 5.65. The first-order valence-corrected chi connectivity index (χ1v) is 7.75. The maximum Gasteiger partial charge on any atom is 0.223 e. The first-order valence-electron chi connectivity index (χ1n) is 7.75. The number of aliphatic hydroxyl groups excluding tert-OH is 1. The van der Waals surface area contributed by atoms with Gasteiger partial charge in [-0.05, 0) is 43.7 Å². The molecule has 0 radical (unpaired) electrons. The van der Waals surface area contributed by atoms with Gasteiger partial charge in [-0.2, -0.15) is 0 Å². The minimum Gasteiger partial charge on any atom is -0.493 e. The quantitative estimate of drug-likeness (QED) is 0.785. The second-order valence-electron chi connectivity index (χ2n) is 5.65. The molecule has 2 aromatic rings. The number of amides is 1. The number of hydrogen-bond acceptors (Lipinski definition) is 4. The van der Waals surface area contributed by atoms with Crippen molar-refractivity contribution in [3.8, 4) is 5.75 Å². The lowest BCUT2D eigenvalue weighted by Crippen LogP contribution is -2.34. The van der Waals surface area contributed by atoms with Gasteiger partial charge in [0, 0.05) is 12.5 Å². The van der Waals surface area contributed by atoms with Crippen LogP contribution in [0.1, 0.15) is 37.2 Å². The lowest BCUT2D eigenvalue weighted by atomic mass is 10.1. The van der Waals surface area contributed by atoms with E-state index in [0.29, 0.717) is 18.8 Å². The van der Waals surface area contributed by atoms with Crippen molar-refractivity contribution in [2.75, 3.05) is 6.61 Å². The van der Waals surface area contributed by atoms with Gasteiger partial charge in [-0.1, -0.05) is 12.1 Å². The second kappa shape index (κ2) is 8.39. The molecule has 2 N–H and O–H groups in total. The van der Waals surface area contributed by atoms with Gasteiger partial charge in [0.2, 0.25) is 5.91 Å². The van der Waals surface area contributed by atoms with Gasteiger partial charge in [0.15, 0.2) is 0 Å². The molecule has 0 aliphatic carbocycles. The van der Waals surface area contributed by atoms with Crippen molar-refractivity contribution in [3.05, 3.63) is 54.0 Å². The summed E-state index contributed by atoms with van der Waals surface area (Å²) in [6.07, 6.45) is 1.47. The summed E-state index contributed by atoms with van der Waals surface area (Å²) in [6.45, 7) is 4.17. The van der Waals surface area contributed by atoms with E-state index < -0.39 is 6.10 Å². The van der Waals surface area contributed by atoms with Crippen LogP contribution in [0, 0.1) is 6.92 Å². The maximum atomic E-state index is 11.9. The maximum absolute atomic E-state index is 11.9. The van der Waals surface area contributed by atoms with Crippen LogP contribution in [0.25, 0.3) is 0 Å². The van der Waals surface area contributed by atoms with E-state index in [-0.39, 0.29) is 18.4 Å². The normalized spacial score (nSPS) is 13.3. The van der Waals surface area contributed by atoms with Crippen LogP contribution in [-0.2, 0) is 4.79 Å². The van der Waals surface area contributed by atoms with Gasteiger partial charge in [-0.3, -0.25) is 4.79 Å². The van der Waals surface area contributed by atoms with Crippen LogP contribution >= 0.6 is 0 Å². The summed E-state index contributed by atoms with van der Waals surface area (Å²) in [5, 5.41) is 12.8. The highest BCUT2D eigenvalue weighted by Gasteiger charge is 2.16. The zero-order valence-corrected chi connectivity index (χ0v) is 13.5. The number of benzene rings is 1. The fourth-order valence-corrected chi connectivity index (χ4v) is 2.30. The van der Waals surface area contributed by atoms with Crippen LogP contribution in [0.5, 0.6) is 5.75 Å². The molecule has 0 fully saturated rings. The van der Waals surface area contributed by atoms with Crippen molar-refractivity contribution in [2.45, 2.75) is 38.8 Å². The molecule has 1 aromatic heterocycles. The molecule has 2 atom stereocenters. The molecule has 1 aromatic carbocycles. The highest BCUT2D eigenvalue weighted by molar-refractivity contribution is 5.76. The molecule has 124 valence electrons.